The molecule has 0 amide bonds. The predicted octanol–water partition coefficient (Wildman–Crippen LogP) is 4.20. The van der Waals surface area contributed by atoms with Gasteiger partial charge in [0.05, 0.1) is 0 Å². The van der Waals surface area contributed by atoms with Crippen LogP contribution in [0.15, 0.2) is 0 Å². The van der Waals surface area contributed by atoms with Gasteiger partial charge in [-0.1, -0.05) is 55.4 Å². The van der Waals surface area contributed by atoms with Crippen molar-refractivity contribution in [1.82, 2.24) is 0 Å². The number of ketones is 2. The number of Topliss-reactive ketones (excluding diaryl/α,β-unsaturated/α-hetero) is 2. The Morgan fingerprint density at radius 3 is 0.909 bits per heavy atom. The first kappa shape index (κ1) is 42.3. The van der Waals surface area contributed by atoms with Crippen molar-refractivity contribution in [2.45, 2.75) is 94.9 Å². The summed E-state index contributed by atoms with van der Waals surface area (Å²) in [6.45, 7) is 18.2. The van der Waals surface area contributed by atoms with E-state index in [1.807, 2.05) is 27.7 Å². The zero-order valence-corrected chi connectivity index (χ0v) is 24.8. The summed E-state index contributed by atoms with van der Waals surface area (Å²) in [5.74, 6) is -4.25. The molecule has 0 aromatic rings. The van der Waals surface area contributed by atoms with Crippen molar-refractivity contribution < 1.29 is 65.8 Å². The Kier molecular flexibility index (Phi) is 29.3. The molecule has 9 heteroatoms. The maximum Gasteiger partial charge on any atom is 0.313 e. The van der Waals surface area contributed by atoms with E-state index in [2.05, 4.69) is 0 Å². The van der Waals surface area contributed by atoms with E-state index >= 15 is 0 Å². The number of aliphatic carboxylic acids is 2. The molecular weight excluding hydrogens is 507 g/mol. The van der Waals surface area contributed by atoms with Gasteiger partial charge in [0.2, 0.25) is 0 Å². The number of carbonyl (C=O) groups excluding carboxylic acids is 2. The molecule has 0 bridgehead atoms. The van der Waals surface area contributed by atoms with E-state index in [1.165, 1.54) is 13.8 Å². The van der Waals surface area contributed by atoms with Crippen molar-refractivity contribution in [3.8, 4) is 0 Å². The van der Waals surface area contributed by atoms with Crippen LogP contribution < -0.4 is 0 Å². The summed E-state index contributed by atoms with van der Waals surface area (Å²) in [6.07, 6.45) is 3.09. The molecule has 0 spiro atoms. The quantitative estimate of drug-likeness (QED) is 0.293. The van der Waals surface area contributed by atoms with Crippen LogP contribution in [0.5, 0.6) is 0 Å². The van der Waals surface area contributed by atoms with E-state index in [-0.39, 0.29) is 37.8 Å². The van der Waals surface area contributed by atoms with Crippen LogP contribution in [0.2, 0.25) is 0 Å². The fourth-order valence-corrected chi connectivity index (χ4v) is 1.74. The number of hydrogen-bond donors (Lipinski definition) is 4. The first-order valence-electron chi connectivity index (χ1n) is 11.2. The molecule has 0 saturated heterocycles. The van der Waals surface area contributed by atoms with Crippen LogP contribution in [0.25, 0.3) is 0 Å². The van der Waals surface area contributed by atoms with Crippen molar-refractivity contribution in [2.75, 3.05) is 13.2 Å². The van der Waals surface area contributed by atoms with Crippen LogP contribution in [-0.4, -0.2) is 57.1 Å². The fraction of sp³-hybridized carbons (Fsp3) is 0.833. The molecule has 0 aliphatic rings. The smallest absolute Gasteiger partial charge is 0.313 e. The summed E-state index contributed by atoms with van der Waals surface area (Å²) in [5.41, 5.74) is -1.03. The van der Waals surface area contributed by atoms with E-state index in [1.54, 1.807) is 27.7 Å². The summed E-state index contributed by atoms with van der Waals surface area (Å²) in [7, 11) is 0. The van der Waals surface area contributed by atoms with Crippen LogP contribution in [0, 0.1) is 22.7 Å². The van der Waals surface area contributed by atoms with E-state index in [4.69, 9.17) is 20.4 Å². The van der Waals surface area contributed by atoms with Crippen molar-refractivity contribution in [3.05, 3.63) is 0 Å². The molecular formula is C24H48O8Zr. The second-order valence-electron chi connectivity index (χ2n) is 8.77. The van der Waals surface area contributed by atoms with Gasteiger partial charge >= 0.3 is 11.9 Å². The topological polar surface area (TPSA) is 149 Å². The molecule has 33 heavy (non-hydrogen) atoms. The Morgan fingerprint density at radius 1 is 0.636 bits per heavy atom. The largest absolute Gasteiger partial charge is 0.481 e. The third-order valence-electron chi connectivity index (χ3n) is 5.08. The van der Waals surface area contributed by atoms with Gasteiger partial charge in [0.25, 0.3) is 0 Å². The molecule has 0 saturated carbocycles. The maximum atomic E-state index is 11.5. The molecule has 8 nitrogen and oxygen atoms in total. The molecule has 196 valence electrons. The van der Waals surface area contributed by atoms with Gasteiger partial charge in [-0.05, 0) is 39.5 Å². The second kappa shape index (κ2) is 22.9. The number of rotatable bonds is 10. The summed E-state index contributed by atoms with van der Waals surface area (Å²) in [6, 6.07) is 0. The van der Waals surface area contributed by atoms with Gasteiger partial charge in [-0.2, -0.15) is 0 Å². The Balaban J connectivity index is -0.000000117. The van der Waals surface area contributed by atoms with Gasteiger partial charge in [-0.3, -0.25) is 19.2 Å². The summed E-state index contributed by atoms with van der Waals surface area (Å²) in [4.78, 5) is 43.9. The first-order valence-corrected chi connectivity index (χ1v) is 11.2. The van der Waals surface area contributed by atoms with E-state index < -0.39 is 34.6 Å². The molecule has 0 heterocycles. The fourth-order valence-electron chi connectivity index (χ4n) is 1.74. The van der Waals surface area contributed by atoms with Crippen LogP contribution in [0.3, 0.4) is 0 Å². The van der Waals surface area contributed by atoms with Crippen LogP contribution in [0.4, 0.5) is 0 Å². The number of carbonyl (C=O) groups is 4. The molecule has 2 unspecified atom stereocenters. The minimum absolute atomic E-state index is 0. The van der Waals surface area contributed by atoms with E-state index in [0.29, 0.717) is 26.1 Å². The molecule has 2 atom stereocenters. The molecule has 0 aliphatic heterocycles. The minimum Gasteiger partial charge on any atom is -0.481 e. The summed E-state index contributed by atoms with van der Waals surface area (Å²) >= 11 is 0. The van der Waals surface area contributed by atoms with E-state index in [9.17, 15) is 19.2 Å². The van der Waals surface area contributed by atoms with Gasteiger partial charge in [0.15, 0.2) is 11.6 Å². The Labute approximate surface area is 219 Å². The Morgan fingerprint density at radius 2 is 0.818 bits per heavy atom. The van der Waals surface area contributed by atoms with E-state index in [0.717, 1.165) is 12.8 Å². The van der Waals surface area contributed by atoms with Gasteiger partial charge < -0.3 is 20.4 Å². The number of hydrogen-bond acceptors (Lipinski definition) is 6. The van der Waals surface area contributed by atoms with Gasteiger partial charge in [0, 0.05) is 50.2 Å². The third kappa shape index (κ3) is 21.4. The van der Waals surface area contributed by atoms with Gasteiger partial charge in [-0.25, -0.2) is 0 Å². The SMILES string of the molecule is CCC(C)(C)C(=O)C(C)C(=O)O.CCC(C)(C)C(=O)C(C)C(=O)O.CCCO.CCCO.[Zr]. The third-order valence-corrected chi connectivity index (χ3v) is 5.08. The van der Waals surface area contributed by atoms with Crippen molar-refractivity contribution in [2.24, 2.45) is 22.7 Å². The molecule has 0 rings (SSSR count). The molecule has 0 radical (unpaired) electrons. The Hall–Kier alpha value is -0.917. The Bertz CT molecular complexity index is 493. The van der Waals surface area contributed by atoms with Crippen LogP contribution in [-0.2, 0) is 45.4 Å². The van der Waals surface area contributed by atoms with Crippen LogP contribution >= 0.6 is 0 Å². The average Bonchev–Trinajstić information content (AvgIpc) is 2.77. The number of carboxylic acids is 2. The number of carboxylic acid groups (broad SMARTS) is 2. The van der Waals surface area contributed by atoms with Gasteiger partial charge in [0.1, 0.15) is 11.8 Å². The molecule has 0 aromatic heterocycles. The summed E-state index contributed by atoms with van der Waals surface area (Å²) in [5, 5.41) is 32.9. The standard InChI is InChI=1S/2C9H16O3.2C3H8O.Zr/c2*1-5-9(3,4)7(10)6(2)8(11)12;2*1-2-3-4;/h2*6H,5H2,1-4H3,(H,11,12);2*4H,2-3H2,1H3;. The normalized spacial score (nSPS) is 12.0. The van der Waals surface area contributed by atoms with Crippen molar-refractivity contribution >= 4 is 23.5 Å². The number of aliphatic hydroxyl groups is 2. The maximum absolute atomic E-state index is 11.5. The zero-order valence-electron chi connectivity index (χ0n) is 22.3. The van der Waals surface area contributed by atoms with Gasteiger partial charge in [-0.15, -0.1) is 0 Å². The predicted molar refractivity (Wildman–Crippen MR) is 127 cm³/mol. The molecule has 0 aliphatic carbocycles. The van der Waals surface area contributed by atoms with Crippen LogP contribution in [0.1, 0.15) is 94.9 Å². The zero-order chi connectivity index (χ0) is 26.7. The minimum atomic E-state index is -1.04. The second-order valence-corrected chi connectivity index (χ2v) is 8.77. The number of aliphatic hydroxyl groups excluding tert-OH is 2. The molecule has 4 N–H and O–H groups in total. The monoisotopic (exact) mass is 554 g/mol. The molecule has 0 aromatic carbocycles. The first-order chi connectivity index (χ1) is 14.5. The average molecular weight is 556 g/mol. The van der Waals surface area contributed by atoms with Crippen molar-refractivity contribution in [3.63, 3.8) is 0 Å². The molecule has 0 fully saturated rings. The summed E-state index contributed by atoms with van der Waals surface area (Å²) < 4.78 is 0. The van der Waals surface area contributed by atoms with Crippen molar-refractivity contribution in [1.29, 1.82) is 0 Å².